The molecule has 2 saturated heterocycles. The van der Waals surface area contributed by atoms with E-state index in [2.05, 4.69) is 27.0 Å². The minimum absolute atomic E-state index is 0.121. The van der Waals surface area contributed by atoms with E-state index >= 15 is 0 Å². The third-order valence-corrected chi connectivity index (χ3v) is 7.70. The predicted molar refractivity (Wildman–Crippen MR) is 153 cm³/mol. The topological polar surface area (TPSA) is 111 Å². The largest absolute Gasteiger partial charge is 0.364 e. The van der Waals surface area contributed by atoms with Gasteiger partial charge in [-0.15, -0.1) is 0 Å². The molecule has 3 heterocycles. The second-order valence-corrected chi connectivity index (χ2v) is 10.3. The quantitative estimate of drug-likeness (QED) is 0.384. The Labute approximate surface area is 230 Å². The van der Waals surface area contributed by atoms with Crippen LogP contribution in [0.2, 0.25) is 10.0 Å². The van der Waals surface area contributed by atoms with Crippen molar-refractivity contribution >= 4 is 46.5 Å². The predicted octanol–water partition coefficient (Wildman–Crippen LogP) is 5.68. The van der Waals surface area contributed by atoms with Crippen molar-refractivity contribution in [3.8, 4) is 0 Å². The van der Waals surface area contributed by atoms with E-state index in [1.165, 1.54) is 25.8 Å². The molecule has 0 saturated carbocycles. The Hall–Kier alpha value is -2.42. The molecule has 0 radical (unpaired) electrons. The molecule has 2 aliphatic heterocycles. The van der Waals surface area contributed by atoms with Gasteiger partial charge >= 0.3 is 0 Å². The number of hydrogen-bond acceptors (Lipinski definition) is 7. The van der Waals surface area contributed by atoms with Crippen LogP contribution in [0.1, 0.15) is 77.1 Å². The Bertz CT molecular complexity index is 1090. The highest BCUT2D eigenvalue weighted by Gasteiger charge is 2.30. The zero-order chi connectivity index (χ0) is 27.1. The number of halogens is 2. The first-order valence-corrected chi connectivity index (χ1v) is 14.0. The number of nitrogens with one attached hydrogen (secondary N) is 2. The maximum absolute atomic E-state index is 11.8. The van der Waals surface area contributed by atoms with Crippen LogP contribution >= 0.6 is 23.2 Å². The molecule has 1 aromatic carbocycles. The SMILES string of the molecule is CC.CC(Nc1nc(N2CCC(N3CCCCC3C)CC2)cnc1C(=N)C(N)=O)c1ccc(Cl)cc1Cl. The Morgan fingerprint density at radius 2 is 1.86 bits per heavy atom. The Morgan fingerprint density at radius 3 is 2.49 bits per heavy atom. The van der Waals surface area contributed by atoms with Gasteiger partial charge in [0.2, 0.25) is 0 Å². The number of benzene rings is 1. The van der Waals surface area contributed by atoms with Crippen LogP contribution in [0, 0.1) is 5.41 Å². The summed E-state index contributed by atoms with van der Waals surface area (Å²) in [5.41, 5.74) is 5.93. The normalized spacial score (nSPS) is 19.5. The summed E-state index contributed by atoms with van der Waals surface area (Å²) < 4.78 is 0. The van der Waals surface area contributed by atoms with E-state index in [-0.39, 0.29) is 11.7 Å². The summed E-state index contributed by atoms with van der Waals surface area (Å²) in [6.07, 6.45) is 7.67. The molecule has 2 fully saturated rings. The van der Waals surface area contributed by atoms with Gasteiger partial charge in [-0.3, -0.25) is 15.1 Å². The molecule has 2 aromatic rings. The number of aromatic nitrogens is 2. The van der Waals surface area contributed by atoms with Crippen LogP contribution in [0.3, 0.4) is 0 Å². The van der Waals surface area contributed by atoms with Crippen molar-refractivity contribution < 1.29 is 4.79 Å². The van der Waals surface area contributed by atoms with Crippen molar-refractivity contribution in [1.29, 1.82) is 5.41 Å². The molecular formula is C27H39Cl2N7O. The van der Waals surface area contributed by atoms with E-state index in [4.69, 9.17) is 39.3 Å². The molecule has 0 spiro atoms. The lowest BCUT2D eigenvalue weighted by molar-refractivity contribution is -0.112. The van der Waals surface area contributed by atoms with Gasteiger partial charge < -0.3 is 16.0 Å². The average Bonchev–Trinajstić information content (AvgIpc) is 2.89. The lowest BCUT2D eigenvalue weighted by Gasteiger charge is -2.43. The number of hydrogen-bond donors (Lipinski definition) is 3. The van der Waals surface area contributed by atoms with Gasteiger partial charge in [0.25, 0.3) is 5.91 Å². The fourth-order valence-electron chi connectivity index (χ4n) is 5.16. The van der Waals surface area contributed by atoms with Crippen molar-refractivity contribution in [3.05, 3.63) is 45.7 Å². The fraction of sp³-hybridized carbons (Fsp3) is 0.556. The van der Waals surface area contributed by atoms with Gasteiger partial charge in [-0.05, 0) is 63.8 Å². The van der Waals surface area contributed by atoms with E-state index in [0.29, 0.717) is 33.8 Å². The number of nitrogens with two attached hydrogens (primary N) is 1. The molecule has 8 nitrogen and oxygen atoms in total. The van der Waals surface area contributed by atoms with Gasteiger partial charge in [-0.2, -0.15) is 0 Å². The van der Waals surface area contributed by atoms with Crippen molar-refractivity contribution in [1.82, 2.24) is 14.9 Å². The van der Waals surface area contributed by atoms with Crippen LogP contribution in [-0.2, 0) is 4.79 Å². The third kappa shape index (κ3) is 7.12. The van der Waals surface area contributed by atoms with Crippen molar-refractivity contribution in [2.75, 3.05) is 29.9 Å². The molecule has 4 rings (SSSR count). The van der Waals surface area contributed by atoms with Gasteiger partial charge in [-0.1, -0.05) is 49.5 Å². The van der Waals surface area contributed by atoms with Gasteiger partial charge in [-0.25, -0.2) is 9.97 Å². The van der Waals surface area contributed by atoms with Crippen LogP contribution in [0.15, 0.2) is 24.4 Å². The summed E-state index contributed by atoms with van der Waals surface area (Å²) in [6.45, 7) is 11.2. The summed E-state index contributed by atoms with van der Waals surface area (Å²) in [7, 11) is 0. The number of primary amides is 1. The molecule has 37 heavy (non-hydrogen) atoms. The highest BCUT2D eigenvalue weighted by atomic mass is 35.5. The zero-order valence-electron chi connectivity index (χ0n) is 22.2. The number of carbonyl (C=O) groups excluding carboxylic acids is 1. The summed E-state index contributed by atoms with van der Waals surface area (Å²) in [5.74, 6) is 0.188. The number of carbonyl (C=O) groups is 1. The highest BCUT2D eigenvalue weighted by molar-refractivity contribution is 6.44. The summed E-state index contributed by atoms with van der Waals surface area (Å²) in [4.78, 5) is 25.9. The van der Waals surface area contributed by atoms with Gasteiger partial charge in [0.15, 0.2) is 5.82 Å². The molecular weight excluding hydrogens is 509 g/mol. The zero-order valence-corrected chi connectivity index (χ0v) is 23.7. The number of amides is 1. The molecule has 1 aromatic heterocycles. The summed E-state index contributed by atoms with van der Waals surface area (Å²) in [5, 5.41) is 12.5. The van der Waals surface area contributed by atoms with Crippen LogP contribution < -0.4 is 16.0 Å². The van der Waals surface area contributed by atoms with E-state index in [1.807, 2.05) is 26.8 Å². The number of piperidine rings is 2. The first kappa shape index (κ1) is 29.1. The smallest absolute Gasteiger partial charge is 0.268 e. The molecule has 10 heteroatoms. The first-order valence-electron chi connectivity index (χ1n) is 13.2. The Morgan fingerprint density at radius 1 is 1.16 bits per heavy atom. The molecule has 2 atom stereocenters. The van der Waals surface area contributed by atoms with Crippen LogP contribution in [-0.4, -0.2) is 58.2 Å². The molecule has 1 amide bonds. The van der Waals surface area contributed by atoms with Crippen molar-refractivity contribution in [2.45, 2.75) is 77.9 Å². The minimum Gasteiger partial charge on any atom is -0.364 e. The number of likely N-dealkylation sites (tertiary alicyclic amines) is 1. The maximum atomic E-state index is 11.8. The average molecular weight is 549 g/mol. The second-order valence-electron chi connectivity index (χ2n) is 9.50. The van der Waals surface area contributed by atoms with Crippen LogP contribution in [0.5, 0.6) is 0 Å². The lowest BCUT2D eigenvalue weighted by Crippen LogP contribution is -2.50. The van der Waals surface area contributed by atoms with Crippen LogP contribution in [0.25, 0.3) is 0 Å². The summed E-state index contributed by atoms with van der Waals surface area (Å²) >= 11 is 12.4. The van der Waals surface area contributed by atoms with Gasteiger partial charge in [0, 0.05) is 35.2 Å². The second kappa shape index (κ2) is 13.4. The number of anilines is 2. The summed E-state index contributed by atoms with van der Waals surface area (Å²) in [6, 6.07) is 6.26. The lowest BCUT2D eigenvalue weighted by atomic mass is 9.96. The third-order valence-electron chi connectivity index (χ3n) is 7.14. The standard InChI is InChI=1S/C25H33Cl2N7O.C2H6/c1-15-5-3-4-10-34(15)18-8-11-33(12-9-18)21-14-30-23(22(28)24(29)35)25(32-21)31-16(2)19-7-6-17(26)13-20(19)27;1-2/h6-7,13-16,18,28H,3-5,8-12H2,1-2H3,(H2,29,35)(H,31,32);1-2H3. The van der Waals surface area contributed by atoms with Crippen molar-refractivity contribution in [2.24, 2.45) is 5.73 Å². The van der Waals surface area contributed by atoms with Crippen molar-refractivity contribution in [3.63, 3.8) is 0 Å². The highest BCUT2D eigenvalue weighted by Crippen LogP contribution is 2.31. The monoisotopic (exact) mass is 547 g/mol. The maximum Gasteiger partial charge on any atom is 0.268 e. The molecule has 4 N–H and O–H groups in total. The Balaban J connectivity index is 0.00000186. The molecule has 2 unspecified atom stereocenters. The Kier molecular flexibility index (Phi) is 10.6. The van der Waals surface area contributed by atoms with E-state index in [1.54, 1.807) is 18.3 Å². The minimum atomic E-state index is -0.858. The van der Waals surface area contributed by atoms with Crippen LogP contribution in [0.4, 0.5) is 11.6 Å². The van der Waals surface area contributed by atoms with Gasteiger partial charge in [0.1, 0.15) is 17.2 Å². The molecule has 0 aliphatic carbocycles. The number of nitrogens with zero attached hydrogens (tertiary/aromatic N) is 4. The van der Waals surface area contributed by atoms with E-state index in [0.717, 1.165) is 31.5 Å². The first-order chi connectivity index (χ1) is 17.7. The molecule has 2 aliphatic rings. The fourth-order valence-corrected chi connectivity index (χ4v) is 5.73. The molecule has 202 valence electrons. The van der Waals surface area contributed by atoms with E-state index < -0.39 is 11.6 Å². The van der Waals surface area contributed by atoms with Gasteiger partial charge in [0.05, 0.1) is 12.2 Å². The van der Waals surface area contributed by atoms with E-state index in [9.17, 15) is 4.79 Å². The molecule has 0 bridgehead atoms. The number of rotatable bonds is 7.